The van der Waals surface area contributed by atoms with Gasteiger partial charge >= 0.3 is 0 Å². The number of pyridine rings is 1. The predicted octanol–water partition coefficient (Wildman–Crippen LogP) is 1.90. The van der Waals surface area contributed by atoms with E-state index in [1.165, 1.54) is 24.0 Å². The molecule has 0 aromatic carbocycles. The van der Waals surface area contributed by atoms with E-state index >= 15 is 0 Å². The van der Waals surface area contributed by atoms with Crippen molar-refractivity contribution in [1.82, 2.24) is 9.88 Å². The van der Waals surface area contributed by atoms with Crippen molar-refractivity contribution in [3.8, 4) is 0 Å². The van der Waals surface area contributed by atoms with Crippen LogP contribution in [0.2, 0.25) is 0 Å². The number of piperidine rings is 1. The van der Waals surface area contributed by atoms with Gasteiger partial charge in [0.1, 0.15) is 5.69 Å². The molecule has 20 heavy (non-hydrogen) atoms. The van der Waals surface area contributed by atoms with Gasteiger partial charge in [0.15, 0.2) is 0 Å². The molecule has 1 aromatic rings. The highest BCUT2D eigenvalue weighted by atomic mass is 16.1. The zero-order valence-corrected chi connectivity index (χ0v) is 12.2. The fourth-order valence-electron chi connectivity index (χ4n) is 3.57. The van der Waals surface area contributed by atoms with Crippen LogP contribution in [-0.2, 0) is 19.4 Å². The summed E-state index contributed by atoms with van der Waals surface area (Å²) >= 11 is 0. The van der Waals surface area contributed by atoms with E-state index in [-0.39, 0.29) is 0 Å². The molecule has 3 rings (SSSR count). The van der Waals surface area contributed by atoms with Crippen molar-refractivity contribution in [2.24, 2.45) is 11.7 Å². The summed E-state index contributed by atoms with van der Waals surface area (Å²) < 4.78 is 0. The van der Waals surface area contributed by atoms with Crippen molar-refractivity contribution in [3.63, 3.8) is 0 Å². The molecule has 1 atom stereocenters. The maximum absolute atomic E-state index is 11.4. The summed E-state index contributed by atoms with van der Waals surface area (Å²) in [7, 11) is 0. The predicted molar refractivity (Wildman–Crippen MR) is 78.5 cm³/mol. The van der Waals surface area contributed by atoms with E-state index in [0.717, 1.165) is 50.5 Å². The average Bonchev–Trinajstić information content (AvgIpc) is 2.87. The van der Waals surface area contributed by atoms with Crippen LogP contribution in [0.1, 0.15) is 53.5 Å². The normalized spacial score (nSPS) is 22.8. The molecule has 1 aliphatic heterocycles. The number of carbonyl (C=O) groups excluding carboxylic acids is 1. The molecule has 2 aliphatic rings. The minimum Gasteiger partial charge on any atom is -0.364 e. The summed E-state index contributed by atoms with van der Waals surface area (Å²) in [5.41, 5.74) is 9.59. The number of aryl methyl sites for hydroxylation is 1. The number of primary amides is 1. The summed E-state index contributed by atoms with van der Waals surface area (Å²) in [4.78, 5) is 18.4. The van der Waals surface area contributed by atoms with Crippen LogP contribution in [0.4, 0.5) is 0 Å². The summed E-state index contributed by atoms with van der Waals surface area (Å²) in [5, 5.41) is 0. The lowest BCUT2D eigenvalue weighted by atomic mass is 9.98. The SMILES string of the molecule is C[C@H]1CCCN(Cc2cc(C(N)=O)nc3c2CCC3)C1. The smallest absolute Gasteiger partial charge is 0.267 e. The third kappa shape index (κ3) is 2.70. The van der Waals surface area contributed by atoms with Crippen molar-refractivity contribution in [2.75, 3.05) is 13.1 Å². The Hall–Kier alpha value is -1.42. The van der Waals surface area contributed by atoms with E-state index in [1.807, 2.05) is 6.07 Å². The minimum atomic E-state index is -0.409. The molecule has 2 heterocycles. The molecular weight excluding hydrogens is 250 g/mol. The van der Waals surface area contributed by atoms with Gasteiger partial charge in [0.05, 0.1) is 0 Å². The number of amides is 1. The van der Waals surface area contributed by atoms with E-state index in [0.29, 0.717) is 5.69 Å². The van der Waals surface area contributed by atoms with Crippen molar-refractivity contribution < 1.29 is 4.79 Å². The number of hydrogen-bond acceptors (Lipinski definition) is 3. The molecule has 1 fully saturated rings. The van der Waals surface area contributed by atoms with Crippen molar-refractivity contribution in [2.45, 2.75) is 45.6 Å². The van der Waals surface area contributed by atoms with E-state index in [1.54, 1.807) is 0 Å². The lowest BCUT2D eigenvalue weighted by Gasteiger charge is -2.31. The van der Waals surface area contributed by atoms with E-state index in [2.05, 4.69) is 16.8 Å². The topological polar surface area (TPSA) is 59.2 Å². The molecule has 0 spiro atoms. The molecule has 108 valence electrons. The molecule has 1 saturated heterocycles. The maximum atomic E-state index is 11.4. The van der Waals surface area contributed by atoms with Gasteiger partial charge in [-0.15, -0.1) is 0 Å². The van der Waals surface area contributed by atoms with Gasteiger partial charge in [0, 0.05) is 18.8 Å². The molecule has 4 heteroatoms. The quantitative estimate of drug-likeness (QED) is 0.915. The van der Waals surface area contributed by atoms with Crippen LogP contribution in [0.5, 0.6) is 0 Å². The van der Waals surface area contributed by atoms with Crippen LogP contribution in [-0.4, -0.2) is 28.9 Å². The highest BCUT2D eigenvalue weighted by Crippen LogP contribution is 2.27. The first-order chi connectivity index (χ1) is 9.63. The molecule has 1 aliphatic carbocycles. The van der Waals surface area contributed by atoms with Gasteiger partial charge in [-0.05, 0) is 61.8 Å². The molecular formula is C16H23N3O. The summed E-state index contributed by atoms with van der Waals surface area (Å²) in [6.45, 7) is 5.57. The van der Waals surface area contributed by atoms with Crippen LogP contribution >= 0.6 is 0 Å². The molecule has 1 aromatic heterocycles. The Morgan fingerprint density at radius 1 is 1.45 bits per heavy atom. The highest BCUT2D eigenvalue weighted by Gasteiger charge is 2.22. The molecule has 4 nitrogen and oxygen atoms in total. The van der Waals surface area contributed by atoms with Crippen molar-refractivity contribution in [3.05, 3.63) is 28.6 Å². The Kier molecular flexibility index (Phi) is 3.74. The number of rotatable bonds is 3. The fraction of sp³-hybridized carbons (Fsp3) is 0.625. The highest BCUT2D eigenvalue weighted by molar-refractivity contribution is 5.91. The lowest BCUT2D eigenvalue weighted by molar-refractivity contribution is 0.0995. The van der Waals surface area contributed by atoms with Crippen molar-refractivity contribution >= 4 is 5.91 Å². The number of carbonyl (C=O) groups is 1. The zero-order valence-electron chi connectivity index (χ0n) is 12.2. The van der Waals surface area contributed by atoms with E-state index in [9.17, 15) is 4.79 Å². The summed E-state index contributed by atoms with van der Waals surface area (Å²) in [6.07, 6.45) is 5.84. The Labute approximate surface area is 120 Å². The van der Waals surface area contributed by atoms with Gasteiger partial charge < -0.3 is 5.73 Å². The maximum Gasteiger partial charge on any atom is 0.267 e. The molecule has 0 unspecified atom stereocenters. The Morgan fingerprint density at radius 2 is 2.30 bits per heavy atom. The second kappa shape index (κ2) is 5.52. The third-order valence-electron chi connectivity index (χ3n) is 4.53. The first-order valence-corrected chi connectivity index (χ1v) is 7.67. The van der Waals surface area contributed by atoms with Gasteiger partial charge in [0.2, 0.25) is 0 Å². The molecule has 0 radical (unpaired) electrons. The number of likely N-dealkylation sites (tertiary alicyclic amines) is 1. The monoisotopic (exact) mass is 273 g/mol. The summed E-state index contributed by atoms with van der Waals surface area (Å²) in [5.74, 6) is 0.363. The lowest BCUT2D eigenvalue weighted by Crippen LogP contribution is -2.34. The number of nitrogens with zero attached hydrogens (tertiary/aromatic N) is 2. The Bertz CT molecular complexity index is 527. The average molecular weight is 273 g/mol. The molecule has 1 amide bonds. The third-order valence-corrected chi connectivity index (χ3v) is 4.53. The number of aromatic nitrogens is 1. The van der Waals surface area contributed by atoms with Gasteiger partial charge in [-0.1, -0.05) is 6.92 Å². The number of fused-ring (bicyclic) bond motifs is 1. The minimum absolute atomic E-state index is 0.409. The van der Waals surface area contributed by atoms with E-state index < -0.39 is 5.91 Å². The second-order valence-corrected chi connectivity index (χ2v) is 6.29. The second-order valence-electron chi connectivity index (χ2n) is 6.29. The van der Waals surface area contributed by atoms with E-state index in [4.69, 9.17) is 5.73 Å². The van der Waals surface area contributed by atoms with Gasteiger partial charge in [-0.25, -0.2) is 4.98 Å². The van der Waals surface area contributed by atoms with Gasteiger partial charge in [-0.3, -0.25) is 9.69 Å². The Morgan fingerprint density at radius 3 is 3.05 bits per heavy atom. The van der Waals surface area contributed by atoms with Gasteiger partial charge in [-0.2, -0.15) is 0 Å². The number of hydrogen-bond donors (Lipinski definition) is 1. The molecule has 0 bridgehead atoms. The first kappa shape index (κ1) is 13.6. The van der Waals surface area contributed by atoms with Crippen LogP contribution in [0.25, 0.3) is 0 Å². The standard InChI is InChI=1S/C16H23N3O/c1-11-4-3-7-19(9-11)10-12-8-15(16(17)20)18-14-6-2-5-13(12)14/h8,11H,2-7,9-10H2,1H3,(H2,17,20)/t11-/m0/s1. The van der Waals surface area contributed by atoms with Crippen molar-refractivity contribution in [1.29, 1.82) is 0 Å². The van der Waals surface area contributed by atoms with Crippen LogP contribution < -0.4 is 5.73 Å². The first-order valence-electron chi connectivity index (χ1n) is 7.67. The largest absolute Gasteiger partial charge is 0.364 e. The fourth-order valence-corrected chi connectivity index (χ4v) is 3.57. The van der Waals surface area contributed by atoms with Crippen LogP contribution in [0.15, 0.2) is 6.07 Å². The summed E-state index contributed by atoms with van der Waals surface area (Å²) in [6, 6.07) is 1.92. The van der Waals surface area contributed by atoms with Crippen LogP contribution in [0, 0.1) is 5.92 Å². The Balaban J connectivity index is 1.86. The molecule has 2 N–H and O–H groups in total. The van der Waals surface area contributed by atoms with Crippen LogP contribution in [0.3, 0.4) is 0 Å². The van der Waals surface area contributed by atoms with Gasteiger partial charge in [0.25, 0.3) is 5.91 Å². The number of nitrogens with two attached hydrogens (primary N) is 1. The zero-order chi connectivity index (χ0) is 14.1. The molecule has 0 saturated carbocycles.